The number of piperidine rings is 1. The zero-order valence-corrected chi connectivity index (χ0v) is 37.3. The highest BCUT2D eigenvalue weighted by atomic mass is 35.5. The molecule has 0 saturated carbocycles. The second kappa shape index (κ2) is 18.4. The monoisotopic (exact) mass is 885 g/mol. The lowest BCUT2D eigenvalue weighted by molar-refractivity contribution is 0.0979. The summed E-state index contributed by atoms with van der Waals surface area (Å²) in [7, 11) is -4.39. The topological polar surface area (TPSA) is 133 Å². The Labute approximate surface area is 368 Å². The number of allylic oxidation sites excluding steroid dienone is 1. The molecule has 3 aromatic heterocycles. The Morgan fingerprint density at radius 1 is 0.934 bits per heavy atom. The van der Waals surface area contributed by atoms with Gasteiger partial charge in [-0.1, -0.05) is 61.7 Å². The number of aromatic nitrogens is 3. The number of benzene rings is 2. The van der Waals surface area contributed by atoms with Crippen LogP contribution in [-0.4, -0.2) is 98.0 Å². The number of hydrogen-bond acceptors (Lipinski definition) is 10. The summed E-state index contributed by atoms with van der Waals surface area (Å²) in [5, 5.41) is 1.61. The minimum Gasteiger partial charge on any atom is -0.476 e. The largest absolute Gasteiger partial charge is 0.476 e. The van der Waals surface area contributed by atoms with Crippen LogP contribution in [-0.2, 0) is 10.0 Å². The van der Waals surface area contributed by atoms with Crippen molar-refractivity contribution in [1.82, 2.24) is 29.5 Å². The van der Waals surface area contributed by atoms with E-state index in [-0.39, 0.29) is 32.5 Å². The summed E-state index contributed by atoms with van der Waals surface area (Å²) in [6.45, 7) is 14.5. The predicted molar refractivity (Wildman–Crippen MR) is 241 cm³/mol. The second-order valence-electron chi connectivity index (χ2n) is 17.1. The molecule has 0 bridgehead atoms. The molecule has 0 radical (unpaired) electrons. The van der Waals surface area contributed by atoms with Crippen molar-refractivity contribution in [1.29, 1.82) is 0 Å². The van der Waals surface area contributed by atoms with Gasteiger partial charge in [0.2, 0.25) is 5.88 Å². The van der Waals surface area contributed by atoms with Crippen molar-refractivity contribution < 1.29 is 22.7 Å². The molecule has 2 saturated heterocycles. The van der Waals surface area contributed by atoms with Gasteiger partial charge in [0.25, 0.3) is 15.9 Å². The summed E-state index contributed by atoms with van der Waals surface area (Å²) in [5.74, 6) is 0.244. The molecule has 5 aromatic rings. The zero-order chi connectivity index (χ0) is 42.7. The fraction of sp³-hybridized carbons (Fsp3) is 0.413. The van der Waals surface area contributed by atoms with Crippen LogP contribution in [0.4, 0.5) is 5.69 Å². The summed E-state index contributed by atoms with van der Waals surface area (Å²) < 4.78 is 41.7. The molecule has 8 rings (SSSR count). The van der Waals surface area contributed by atoms with Crippen LogP contribution >= 0.6 is 23.2 Å². The molecule has 1 amide bonds. The highest BCUT2D eigenvalue weighted by molar-refractivity contribution is 7.90. The van der Waals surface area contributed by atoms with E-state index < -0.39 is 15.9 Å². The second-order valence-corrected chi connectivity index (χ2v) is 19.7. The number of halogens is 2. The van der Waals surface area contributed by atoms with E-state index in [0.717, 1.165) is 107 Å². The standard InChI is InChI=1S/C46H53Cl2N7O5S/c1-4-53-17-13-31(14-18-53)30-59-45-41(48)25-38(28-51-45)61(57,58)52-44(56)39-10-9-36(24-42(39)60-37-23-33-12-16-49-43(33)50-27-37)55-21-19-54(20-22-55)29-34-11-15-46(2,3)26-40(34)32-5-7-35(47)8-6-32/h5-10,12,16,23-25,27-28,31H,4,11,13-15,17-22,26,29-30H2,1-3H3,(H,49,50)(H,52,56). The highest BCUT2D eigenvalue weighted by Crippen LogP contribution is 2.43. The third-order valence-electron chi connectivity index (χ3n) is 12.3. The number of likely N-dealkylation sites (tertiary alicyclic amines) is 1. The van der Waals surface area contributed by atoms with Crippen LogP contribution in [0, 0.1) is 11.3 Å². The molecule has 2 N–H and O–H groups in total. The number of carbonyl (C=O) groups is 1. The lowest BCUT2D eigenvalue weighted by atomic mass is 9.72. The summed E-state index contributed by atoms with van der Waals surface area (Å²) in [5.41, 5.74) is 5.99. The Morgan fingerprint density at radius 3 is 2.44 bits per heavy atom. The van der Waals surface area contributed by atoms with Gasteiger partial charge < -0.3 is 24.3 Å². The van der Waals surface area contributed by atoms with Gasteiger partial charge in [-0.2, -0.15) is 0 Å². The zero-order valence-electron chi connectivity index (χ0n) is 34.9. The minimum absolute atomic E-state index is 0.0372. The van der Waals surface area contributed by atoms with Crippen LogP contribution in [0.25, 0.3) is 16.6 Å². The first-order valence-corrected chi connectivity index (χ1v) is 23.3. The maximum atomic E-state index is 13.9. The number of ether oxygens (including phenoxy) is 2. The first-order chi connectivity index (χ1) is 29.3. The Balaban J connectivity index is 0.972. The first-order valence-electron chi connectivity index (χ1n) is 21.1. The Bertz CT molecular complexity index is 2510. The third-order valence-corrected chi connectivity index (χ3v) is 14.1. The van der Waals surface area contributed by atoms with Crippen molar-refractivity contribution in [3.8, 4) is 17.4 Å². The van der Waals surface area contributed by atoms with Crippen LogP contribution in [0.1, 0.15) is 68.8 Å². The van der Waals surface area contributed by atoms with Gasteiger partial charge in [0.15, 0.2) is 0 Å². The van der Waals surface area contributed by atoms with Gasteiger partial charge in [0, 0.05) is 61.1 Å². The minimum atomic E-state index is -4.39. The van der Waals surface area contributed by atoms with Gasteiger partial charge in [-0.25, -0.2) is 23.1 Å². The number of sulfonamides is 1. The van der Waals surface area contributed by atoms with E-state index >= 15 is 0 Å². The van der Waals surface area contributed by atoms with E-state index in [9.17, 15) is 13.2 Å². The van der Waals surface area contributed by atoms with Crippen LogP contribution in [0.2, 0.25) is 10.0 Å². The van der Waals surface area contributed by atoms with E-state index in [1.165, 1.54) is 22.8 Å². The number of fused-ring (bicyclic) bond motifs is 1. The molecule has 0 atom stereocenters. The molecule has 2 aromatic carbocycles. The number of nitrogens with one attached hydrogen (secondary N) is 2. The number of pyridine rings is 2. The lowest BCUT2D eigenvalue weighted by Gasteiger charge is -2.39. The van der Waals surface area contributed by atoms with Crippen molar-refractivity contribution in [2.75, 3.05) is 63.9 Å². The van der Waals surface area contributed by atoms with Crippen LogP contribution < -0.4 is 19.1 Å². The number of amides is 1. The molecule has 0 unspecified atom stereocenters. The molecule has 2 fully saturated rings. The number of piperazine rings is 1. The van der Waals surface area contributed by atoms with Crippen molar-refractivity contribution >= 4 is 61.4 Å². The molecule has 3 aliphatic rings. The van der Waals surface area contributed by atoms with Crippen LogP contribution in [0.3, 0.4) is 0 Å². The molecule has 61 heavy (non-hydrogen) atoms. The maximum Gasteiger partial charge on any atom is 0.268 e. The average Bonchev–Trinajstić information content (AvgIpc) is 3.72. The van der Waals surface area contributed by atoms with E-state index in [2.05, 4.69) is 67.3 Å². The van der Waals surface area contributed by atoms with Gasteiger partial charge in [-0.3, -0.25) is 9.69 Å². The number of anilines is 1. The fourth-order valence-electron chi connectivity index (χ4n) is 8.54. The Hall–Kier alpha value is -4.66. The number of rotatable bonds is 13. The van der Waals surface area contributed by atoms with Gasteiger partial charge in [-0.05, 0) is 117 Å². The fourth-order valence-corrected chi connectivity index (χ4v) is 9.89. The molecule has 0 spiro atoms. The van der Waals surface area contributed by atoms with E-state index in [1.54, 1.807) is 24.5 Å². The SMILES string of the molecule is CCN1CCC(COc2ncc(S(=O)(=O)NC(=O)c3ccc(N4CCN(CC5=C(c6ccc(Cl)cc6)CC(C)(C)CC5)CC4)cc3Oc3cnc4[nH]ccc4c3)cc2Cl)CC1. The molecule has 2 aliphatic heterocycles. The molecule has 5 heterocycles. The smallest absolute Gasteiger partial charge is 0.268 e. The molecule has 15 heteroatoms. The number of H-pyrrole nitrogens is 1. The van der Waals surface area contributed by atoms with Crippen molar-refractivity contribution in [3.63, 3.8) is 0 Å². The number of nitrogens with zero attached hydrogens (tertiary/aromatic N) is 5. The van der Waals surface area contributed by atoms with Crippen molar-refractivity contribution in [3.05, 3.63) is 106 Å². The molecule has 322 valence electrons. The average molecular weight is 887 g/mol. The lowest BCUT2D eigenvalue weighted by Crippen LogP contribution is -2.47. The first kappa shape index (κ1) is 43.0. The summed E-state index contributed by atoms with van der Waals surface area (Å²) in [6, 6.07) is 18.4. The van der Waals surface area contributed by atoms with Crippen molar-refractivity contribution in [2.24, 2.45) is 11.3 Å². The number of carbonyl (C=O) groups excluding carboxylic acids is 1. The van der Waals surface area contributed by atoms with Crippen LogP contribution in [0.5, 0.6) is 17.4 Å². The van der Waals surface area contributed by atoms with Gasteiger partial charge in [0.05, 0.1) is 24.6 Å². The van der Waals surface area contributed by atoms with Crippen LogP contribution in [0.15, 0.2) is 89.7 Å². The maximum absolute atomic E-state index is 13.9. The Kier molecular flexibility index (Phi) is 12.9. The predicted octanol–water partition coefficient (Wildman–Crippen LogP) is 9.07. The summed E-state index contributed by atoms with van der Waals surface area (Å²) in [6.07, 6.45) is 9.77. The van der Waals surface area contributed by atoms with E-state index in [1.807, 2.05) is 30.3 Å². The molecule has 12 nitrogen and oxygen atoms in total. The Morgan fingerprint density at radius 2 is 1.70 bits per heavy atom. The summed E-state index contributed by atoms with van der Waals surface area (Å²) in [4.78, 5) is 32.5. The molecule has 1 aliphatic carbocycles. The third kappa shape index (κ3) is 10.3. The number of hydrogen-bond donors (Lipinski definition) is 2. The van der Waals surface area contributed by atoms with Gasteiger partial charge >= 0.3 is 0 Å². The quantitative estimate of drug-likeness (QED) is 0.118. The van der Waals surface area contributed by atoms with E-state index in [0.29, 0.717) is 23.9 Å². The van der Waals surface area contributed by atoms with E-state index in [4.69, 9.17) is 32.7 Å². The highest BCUT2D eigenvalue weighted by Gasteiger charge is 2.30. The van der Waals surface area contributed by atoms with Gasteiger partial charge in [0.1, 0.15) is 27.1 Å². The van der Waals surface area contributed by atoms with Crippen molar-refractivity contribution in [2.45, 2.75) is 57.8 Å². The number of aromatic amines is 1. The molecular weight excluding hydrogens is 834 g/mol. The van der Waals surface area contributed by atoms with Gasteiger partial charge in [-0.15, -0.1) is 0 Å². The molecular formula is C46H53Cl2N7O5S. The normalized spacial score (nSPS) is 18.1. The summed E-state index contributed by atoms with van der Waals surface area (Å²) >= 11 is 12.7.